The maximum absolute atomic E-state index is 10.9. The van der Waals surface area contributed by atoms with Crippen LogP contribution in [0.5, 0.6) is 0 Å². The zero-order valence-corrected chi connectivity index (χ0v) is 11.4. The number of nitrogen functional groups attached to an aromatic ring is 1. The van der Waals surface area contributed by atoms with Gasteiger partial charge in [-0.05, 0) is 24.6 Å². The first-order valence-electron chi connectivity index (χ1n) is 6.37. The number of aryl methyl sites for hydroxylation is 1. The lowest BCUT2D eigenvalue weighted by Gasteiger charge is -2.21. The molecule has 0 unspecified atom stereocenters. The third kappa shape index (κ3) is 3.28. The molecular formula is C14H18N4O2. The Morgan fingerprint density at radius 2 is 2.30 bits per heavy atom. The van der Waals surface area contributed by atoms with E-state index in [4.69, 9.17) is 10.8 Å². The van der Waals surface area contributed by atoms with Crippen molar-refractivity contribution in [1.82, 2.24) is 9.55 Å². The van der Waals surface area contributed by atoms with E-state index in [-0.39, 0.29) is 5.56 Å². The number of nitrogens with two attached hydrogens (primary N) is 1. The zero-order chi connectivity index (χ0) is 14.5. The number of carboxylic acid groups (broad SMARTS) is 1. The van der Waals surface area contributed by atoms with Gasteiger partial charge >= 0.3 is 5.97 Å². The summed E-state index contributed by atoms with van der Waals surface area (Å²) < 4.78 is 2.02. The van der Waals surface area contributed by atoms with Gasteiger partial charge in [-0.1, -0.05) is 0 Å². The molecule has 106 valence electrons. The fourth-order valence-electron chi connectivity index (χ4n) is 2.07. The van der Waals surface area contributed by atoms with Gasteiger partial charge in [0.25, 0.3) is 0 Å². The van der Waals surface area contributed by atoms with Crippen LogP contribution in [-0.4, -0.2) is 34.2 Å². The maximum atomic E-state index is 10.9. The molecule has 0 aliphatic heterocycles. The first-order valence-corrected chi connectivity index (χ1v) is 6.37. The van der Waals surface area contributed by atoms with Gasteiger partial charge in [0, 0.05) is 32.5 Å². The average Bonchev–Trinajstić information content (AvgIpc) is 2.91. The first-order chi connectivity index (χ1) is 9.58. The Morgan fingerprint density at radius 1 is 1.50 bits per heavy atom. The van der Waals surface area contributed by atoms with Gasteiger partial charge in [-0.2, -0.15) is 0 Å². The Hall–Kier alpha value is -2.50. The number of aromatic carboxylic acids is 1. The molecule has 6 heteroatoms. The standard InChI is InChI=1S/C14H18N4O2/c1-17(6-2-7-18-8-5-16-10-18)13-4-3-11(14(19)20)9-12(13)15/h3-5,8-10H,2,6-7,15H2,1H3,(H,19,20). The molecule has 0 radical (unpaired) electrons. The van der Waals surface area contributed by atoms with Crippen molar-refractivity contribution in [2.75, 3.05) is 24.2 Å². The van der Waals surface area contributed by atoms with Crippen molar-refractivity contribution in [3.8, 4) is 0 Å². The molecule has 0 aliphatic carbocycles. The monoisotopic (exact) mass is 274 g/mol. The molecule has 0 saturated carbocycles. The third-order valence-electron chi connectivity index (χ3n) is 3.15. The predicted octanol–water partition coefficient (Wildman–Crippen LogP) is 1.69. The van der Waals surface area contributed by atoms with E-state index in [2.05, 4.69) is 4.98 Å². The van der Waals surface area contributed by atoms with E-state index in [1.807, 2.05) is 22.7 Å². The van der Waals surface area contributed by atoms with E-state index in [0.29, 0.717) is 5.69 Å². The molecule has 3 N–H and O–H groups in total. The third-order valence-corrected chi connectivity index (χ3v) is 3.15. The number of hydrogen-bond acceptors (Lipinski definition) is 4. The maximum Gasteiger partial charge on any atom is 0.335 e. The molecule has 0 atom stereocenters. The Kier molecular flexibility index (Phi) is 4.24. The molecule has 2 aromatic rings. The molecule has 0 saturated heterocycles. The lowest BCUT2D eigenvalue weighted by Crippen LogP contribution is -2.21. The van der Waals surface area contributed by atoms with Gasteiger partial charge in [0.2, 0.25) is 0 Å². The van der Waals surface area contributed by atoms with Crippen molar-refractivity contribution < 1.29 is 9.90 Å². The number of benzene rings is 1. The van der Waals surface area contributed by atoms with Crippen molar-refractivity contribution >= 4 is 17.3 Å². The molecule has 0 fully saturated rings. The number of anilines is 2. The summed E-state index contributed by atoms with van der Waals surface area (Å²) >= 11 is 0. The number of rotatable bonds is 6. The van der Waals surface area contributed by atoms with Crippen molar-refractivity contribution in [1.29, 1.82) is 0 Å². The predicted molar refractivity (Wildman–Crippen MR) is 77.9 cm³/mol. The molecule has 6 nitrogen and oxygen atoms in total. The average molecular weight is 274 g/mol. The topological polar surface area (TPSA) is 84.4 Å². The van der Waals surface area contributed by atoms with Crippen LogP contribution in [0.4, 0.5) is 11.4 Å². The van der Waals surface area contributed by atoms with Crippen LogP contribution in [0.1, 0.15) is 16.8 Å². The summed E-state index contributed by atoms with van der Waals surface area (Å²) in [5.74, 6) is -0.967. The van der Waals surface area contributed by atoms with Gasteiger partial charge in [0.05, 0.1) is 23.3 Å². The number of imidazole rings is 1. The van der Waals surface area contributed by atoms with E-state index in [1.165, 1.54) is 6.07 Å². The van der Waals surface area contributed by atoms with E-state index in [0.717, 1.165) is 25.2 Å². The normalized spacial score (nSPS) is 10.4. The number of carboxylic acids is 1. The SMILES string of the molecule is CN(CCCn1ccnc1)c1ccc(C(=O)O)cc1N. The lowest BCUT2D eigenvalue weighted by atomic mass is 10.1. The van der Waals surface area contributed by atoms with Gasteiger partial charge in [-0.15, -0.1) is 0 Å². The minimum absolute atomic E-state index is 0.207. The summed E-state index contributed by atoms with van der Waals surface area (Å²) in [5.41, 5.74) is 7.44. The smallest absolute Gasteiger partial charge is 0.335 e. The minimum atomic E-state index is -0.967. The van der Waals surface area contributed by atoms with Gasteiger partial charge in [-0.25, -0.2) is 9.78 Å². The highest BCUT2D eigenvalue weighted by molar-refractivity contribution is 5.90. The second-order valence-electron chi connectivity index (χ2n) is 4.65. The van der Waals surface area contributed by atoms with Gasteiger partial charge in [0.15, 0.2) is 0 Å². The van der Waals surface area contributed by atoms with E-state index in [9.17, 15) is 4.79 Å². The summed E-state index contributed by atoms with van der Waals surface area (Å²) in [5, 5.41) is 8.91. The highest BCUT2D eigenvalue weighted by atomic mass is 16.4. The number of nitrogens with zero attached hydrogens (tertiary/aromatic N) is 3. The highest BCUT2D eigenvalue weighted by Gasteiger charge is 2.09. The summed E-state index contributed by atoms with van der Waals surface area (Å²) in [4.78, 5) is 16.9. The molecule has 0 bridgehead atoms. The van der Waals surface area contributed by atoms with Crippen LogP contribution in [0.2, 0.25) is 0 Å². The fraction of sp³-hybridized carbons (Fsp3) is 0.286. The van der Waals surface area contributed by atoms with E-state index >= 15 is 0 Å². The molecular weight excluding hydrogens is 256 g/mol. The molecule has 0 amide bonds. The number of aromatic nitrogens is 2. The van der Waals surface area contributed by atoms with Crippen molar-refractivity contribution in [3.63, 3.8) is 0 Å². The van der Waals surface area contributed by atoms with E-state index in [1.54, 1.807) is 24.7 Å². The molecule has 20 heavy (non-hydrogen) atoms. The van der Waals surface area contributed by atoms with Crippen molar-refractivity contribution in [3.05, 3.63) is 42.5 Å². The van der Waals surface area contributed by atoms with Crippen LogP contribution in [0.15, 0.2) is 36.9 Å². The molecule has 1 heterocycles. The summed E-state index contributed by atoms with van der Waals surface area (Å²) in [6, 6.07) is 4.81. The molecule has 1 aromatic carbocycles. The molecule has 1 aromatic heterocycles. The minimum Gasteiger partial charge on any atom is -0.478 e. The van der Waals surface area contributed by atoms with Crippen LogP contribution >= 0.6 is 0 Å². The van der Waals surface area contributed by atoms with Gasteiger partial charge < -0.3 is 20.3 Å². The Labute approximate surface area is 117 Å². The Balaban J connectivity index is 1.95. The lowest BCUT2D eigenvalue weighted by molar-refractivity contribution is 0.0697. The van der Waals surface area contributed by atoms with Crippen LogP contribution in [-0.2, 0) is 6.54 Å². The second kappa shape index (κ2) is 6.10. The van der Waals surface area contributed by atoms with Crippen LogP contribution < -0.4 is 10.6 Å². The number of carbonyl (C=O) groups is 1. The van der Waals surface area contributed by atoms with Crippen LogP contribution in [0.25, 0.3) is 0 Å². The second-order valence-corrected chi connectivity index (χ2v) is 4.65. The largest absolute Gasteiger partial charge is 0.478 e. The fourth-order valence-corrected chi connectivity index (χ4v) is 2.07. The Bertz CT molecular complexity index is 581. The Morgan fingerprint density at radius 3 is 2.90 bits per heavy atom. The quantitative estimate of drug-likeness (QED) is 0.783. The molecule has 0 spiro atoms. The summed E-state index contributed by atoms with van der Waals surface area (Å²) in [6.07, 6.45) is 6.42. The van der Waals surface area contributed by atoms with Crippen molar-refractivity contribution in [2.45, 2.75) is 13.0 Å². The van der Waals surface area contributed by atoms with Crippen LogP contribution in [0, 0.1) is 0 Å². The number of hydrogen-bond donors (Lipinski definition) is 2. The first kappa shape index (κ1) is 13.9. The molecule has 0 aliphatic rings. The van der Waals surface area contributed by atoms with Crippen molar-refractivity contribution in [2.24, 2.45) is 0 Å². The zero-order valence-electron chi connectivity index (χ0n) is 11.4. The van der Waals surface area contributed by atoms with Crippen LogP contribution in [0.3, 0.4) is 0 Å². The van der Waals surface area contributed by atoms with Gasteiger partial charge in [-0.3, -0.25) is 0 Å². The summed E-state index contributed by atoms with van der Waals surface area (Å²) in [7, 11) is 1.94. The van der Waals surface area contributed by atoms with Gasteiger partial charge in [0.1, 0.15) is 0 Å². The van der Waals surface area contributed by atoms with E-state index < -0.39 is 5.97 Å². The molecule has 2 rings (SSSR count). The highest BCUT2D eigenvalue weighted by Crippen LogP contribution is 2.23. The summed E-state index contributed by atoms with van der Waals surface area (Å²) in [6.45, 7) is 1.71.